The third-order valence-corrected chi connectivity index (χ3v) is 5.61. The Kier molecular flexibility index (Phi) is 8.98. The number of aliphatic hydroxyl groups excluding tert-OH is 1. The molecule has 0 amide bonds. The lowest BCUT2D eigenvalue weighted by atomic mass is 9.87. The van der Waals surface area contributed by atoms with Crippen LogP contribution in [0.1, 0.15) is 16.7 Å². The van der Waals surface area contributed by atoms with E-state index < -0.39 is 23.0 Å². The standard InChI is InChI=1S/C26H30N2O5S/c1-28(2)17-18-32-23-15-13-22(14-16-23)25(20-9-5-3-6-10-20)26(21-11-7-4-8-12-21)24(19-29)33-34(27,30)31/h3-16,24,29H,17-19H2,1-2H3,(H2,27,30,31)/b26-25+. The second kappa shape index (κ2) is 11.9. The first-order chi connectivity index (χ1) is 16.3. The van der Waals surface area contributed by atoms with E-state index in [0.29, 0.717) is 23.3 Å². The van der Waals surface area contributed by atoms with E-state index in [1.807, 2.05) is 104 Å². The molecule has 0 aliphatic heterocycles. The van der Waals surface area contributed by atoms with Gasteiger partial charge in [-0.3, -0.25) is 0 Å². The van der Waals surface area contributed by atoms with Gasteiger partial charge in [0, 0.05) is 12.1 Å². The summed E-state index contributed by atoms with van der Waals surface area (Å²) < 4.78 is 34.6. The summed E-state index contributed by atoms with van der Waals surface area (Å²) in [5.74, 6) is 0.721. The molecule has 3 aromatic carbocycles. The molecular formula is C26H30N2O5S. The second-order valence-corrected chi connectivity index (χ2v) is 9.14. The van der Waals surface area contributed by atoms with Gasteiger partial charge in [-0.2, -0.15) is 8.42 Å². The van der Waals surface area contributed by atoms with Crippen LogP contribution in [0.2, 0.25) is 0 Å². The van der Waals surface area contributed by atoms with Crippen molar-refractivity contribution >= 4 is 21.5 Å². The molecule has 8 heteroatoms. The zero-order valence-corrected chi connectivity index (χ0v) is 20.1. The molecular weight excluding hydrogens is 452 g/mol. The molecule has 0 heterocycles. The molecule has 0 radical (unpaired) electrons. The maximum Gasteiger partial charge on any atom is 0.333 e. The third kappa shape index (κ3) is 7.24. The monoisotopic (exact) mass is 482 g/mol. The Balaban J connectivity index is 2.18. The van der Waals surface area contributed by atoms with Gasteiger partial charge in [0.2, 0.25) is 0 Å². The van der Waals surface area contributed by atoms with Crippen LogP contribution in [-0.2, 0) is 14.5 Å². The van der Waals surface area contributed by atoms with Crippen LogP contribution in [-0.4, -0.2) is 58.4 Å². The number of nitrogens with zero attached hydrogens (tertiary/aromatic N) is 1. The van der Waals surface area contributed by atoms with Gasteiger partial charge in [-0.1, -0.05) is 72.8 Å². The van der Waals surface area contributed by atoms with Gasteiger partial charge >= 0.3 is 10.3 Å². The summed E-state index contributed by atoms with van der Waals surface area (Å²) in [6.45, 7) is 0.763. The van der Waals surface area contributed by atoms with Crippen molar-refractivity contribution < 1.29 is 22.4 Å². The van der Waals surface area contributed by atoms with Gasteiger partial charge in [0.15, 0.2) is 0 Å². The molecule has 7 nitrogen and oxygen atoms in total. The van der Waals surface area contributed by atoms with Crippen LogP contribution in [0.15, 0.2) is 84.9 Å². The van der Waals surface area contributed by atoms with Crippen molar-refractivity contribution in [2.24, 2.45) is 5.14 Å². The largest absolute Gasteiger partial charge is 0.492 e. The highest BCUT2D eigenvalue weighted by Crippen LogP contribution is 2.36. The van der Waals surface area contributed by atoms with E-state index >= 15 is 0 Å². The molecule has 0 aliphatic carbocycles. The third-order valence-electron chi connectivity index (χ3n) is 5.10. The Labute approximate surface area is 201 Å². The molecule has 0 aromatic heterocycles. The first-order valence-corrected chi connectivity index (χ1v) is 12.3. The maximum absolute atomic E-state index is 11.8. The Bertz CT molecular complexity index is 1180. The molecule has 34 heavy (non-hydrogen) atoms. The number of benzene rings is 3. The van der Waals surface area contributed by atoms with Gasteiger partial charge in [-0.15, -0.1) is 0 Å². The van der Waals surface area contributed by atoms with Crippen LogP contribution in [0, 0.1) is 0 Å². The molecule has 0 aliphatic rings. The SMILES string of the molecule is CN(C)CCOc1ccc(/C(=C(\c2ccccc2)C(CO)OS(N)(=O)=O)c2ccccc2)cc1. The highest BCUT2D eigenvalue weighted by Gasteiger charge is 2.26. The molecule has 180 valence electrons. The van der Waals surface area contributed by atoms with Crippen LogP contribution >= 0.6 is 0 Å². The molecule has 0 saturated heterocycles. The summed E-state index contributed by atoms with van der Waals surface area (Å²) in [6, 6.07) is 26.3. The zero-order valence-electron chi connectivity index (χ0n) is 19.3. The molecule has 0 spiro atoms. The van der Waals surface area contributed by atoms with Gasteiger partial charge in [-0.05, 0) is 48.5 Å². The maximum atomic E-state index is 11.8. The van der Waals surface area contributed by atoms with E-state index in [0.717, 1.165) is 23.4 Å². The molecule has 1 unspecified atom stereocenters. The lowest BCUT2D eigenvalue weighted by Crippen LogP contribution is -2.28. The number of likely N-dealkylation sites (N-methyl/N-ethyl adjacent to an activating group) is 1. The molecule has 3 rings (SSSR count). The van der Waals surface area contributed by atoms with E-state index in [9.17, 15) is 13.5 Å². The smallest absolute Gasteiger partial charge is 0.333 e. The summed E-state index contributed by atoms with van der Waals surface area (Å²) in [5.41, 5.74) is 3.56. The van der Waals surface area contributed by atoms with E-state index in [-0.39, 0.29) is 0 Å². The molecule has 0 bridgehead atoms. The van der Waals surface area contributed by atoms with E-state index in [1.165, 1.54) is 0 Å². The first kappa shape index (κ1) is 25.6. The quantitative estimate of drug-likeness (QED) is 0.407. The number of hydrogen-bond acceptors (Lipinski definition) is 6. The van der Waals surface area contributed by atoms with Gasteiger partial charge in [0.25, 0.3) is 0 Å². The highest BCUT2D eigenvalue weighted by atomic mass is 32.2. The van der Waals surface area contributed by atoms with Crippen molar-refractivity contribution in [1.82, 2.24) is 4.90 Å². The number of rotatable bonds is 11. The summed E-state index contributed by atoms with van der Waals surface area (Å²) in [7, 11) is -0.365. The van der Waals surface area contributed by atoms with Crippen LogP contribution in [0.5, 0.6) is 5.75 Å². The Morgan fingerprint density at radius 2 is 1.41 bits per heavy atom. The van der Waals surface area contributed by atoms with Gasteiger partial charge < -0.3 is 14.7 Å². The minimum atomic E-state index is -4.33. The second-order valence-electron chi connectivity index (χ2n) is 7.96. The lowest BCUT2D eigenvalue weighted by Gasteiger charge is -2.23. The minimum absolute atomic E-state index is 0.504. The van der Waals surface area contributed by atoms with Crippen LogP contribution in [0.25, 0.3) is 11.1 Å². The van der Waals surface area contributed by atoms with Crippen molar-refractivity contribution in [2.45, 2.75) is 6.10 Å². The predicted molar refractivity (Wildman–Crippen MR) is 134 cm³/mol. The molecule has 0 fully saturated rings. The average molecular weight is 483 g/mol. The first-order valence-electron chi connectivity index (χ1n) is 10.8. The summed E-state index contributed by atoms with van der Waals surface area (Å²) in [5, 5.41) is 15.3. The number of nitrogens with two attached hydrogens (primary N) is 1. The Hall–Kier alpha value is -3.01. The van der Waals surface area contributed by atoms with Crippen molar-refractivity contribution in [2.75, 3.05) is 33.9 Å². The number of aliphatic hydroxyl groups is 1. The normalized spacial score (nSPS) is 13.4. The lowest BCUT2D eigenvalue weighted by molar-refractivity contribution is 0.162. The van der Waals surface area contributed by atoms with Gasteiger partial charge in [0.05, 0.1) is 6.61 Å². The Morgan fingerprint density at radius 1 is 0.882 bits per heavy atom. The topological polar surface area (TPSA) is 102 Å². The van der Waals surface area contributed by atoms with Crippen molar-refractivity contribution in [3.8, 4) is 5.75 Å². The van der Waals surface area contributed by atoms with Crippen molar-refractivity contribution in [3.05, 3.63) is 102 Å². The number of ether oxygens (including phenoxy) is 1. The summed E-state index contributed by atoms with van der Waals surface area (Å²) >= 11 is 0. The predicted octanol–water partition coefficient (Wildman–Crippen LogP) is 3.17. The fourth-order valence-electron chi connectivity index (χ4n) is 3.59. The van der Waals surface area contributed by atoms with Crippen molar-refractivity contribution in [1.29, 1.82) is 0 Å². The van der Waals surface area contributed by atoms with E-state index in [4.69, 9.17) is 14.1 Å². The summed E-state index contributed by atoms with van der Waals surface area (Å²) in [4.78, 5) is 2.04. The highest BCUT2D eigenvalue weighted by molar-refractivity contribution is 7.84. The zero-order chi connectivity index (χ0) is 24.6. The molecule has 0 saturated carbocycles. The average Bonchev–Trinajstić information content (AvgIpc) is 2.82. The minimum Gasteiger partial charge on any atom is -0.492 e. The molecule has 3 N–H and O–H groups in total. The van der Waals surface area contributed by atoms with Crippen LogP contribution in [0.4, 0.5) is 0 Å². The number of hydrogen-bond donors (Lipinski definition) is 2. The summed E-state index contributed by atoms with van der Waals surface area (Å²) in [6.07, 6.45) is -1.20. The fourth-order valence-corrected chi connectivity index (χ4v) is 4.07. The van der Waals surface area contributed by atoms with Gasteiger partial charge in [-0.25, -0.2) is 9.32 Å². The molecule has 3 aromatic rings. The fraction of sp³-hybridized carbons (Fsp3) is 0.231. The van der Waals surface area contributed by atoms with Crippen LogP contribution < -0.4 is 9.88 Å². The van der Waals surface area contributed by atoms with E-state index in [1.54, 1.807) is 0 Å². The van der Waals surface area contributed by atoms with E-state index in [2.05, 4.69) is 0 Å². The Morgan fingerprint density at radius 3 is 1.91 bits per heavy atom. The molecule has 1 atom stereocenters. The van der Waals surface area contributed by atoms with Crippen molar-refractivity contribution in [3.63, 3.8) is 0 Å². The van der Waals surface area contributed by atoms with Crippen LogP contribution in [0.3, 0.4) is 0 Å². The van der Waals surface area contributed by atoms with Gasteiger partial charge in [0.1, 0.15) is 18.5 Å².